The molecule has 1 fully saturated rings. The van der Waals surface area contributed by atoms with E-state index in [1.807, 2.05) is 6.07 Å². The maximum atomic E-state index is 5.27. The van der Waals surface area contributed by atoms with E-state index >= 15 is 0 Å². The van der Waals surface area contributed by atoms with Gasteiger partial charge in [0, 0.05) is 5.54 Å². The molecule has 0 spiro atoms. The van der Waals surface area contributed by atoms with Gasteiger partial charge in [-0.05, 0) is 44.0 Å². The van der Waals surface area contributed by atoms with Gasteiger partial charge in [0.1, 0.15) is 5.75 Å². The van der Waals surface area contributed by atoms with Crippen LogP contribution in [0.1, 0.15) is 31.2 Å². The van der Waals surface area contributed by atoms with Crippen molar-refractivity contribution in [2.45, 2.75) is 37.6 Å². The SMILES string of the molecule is CNC1(Cc2cccc(OC)c2)CCCC1. The maximum Gasteiger partial charge on any atom is 0.119 e. The van der Waals surface area contributed by atoms with Crippen molar-refractivity contribution in [2.24, 2.45) is 0 Å². The summed E-state index contributed by atoms with van der Waals surface area (Å²) in [5.41, 5.74) is 1.70. The molecule has 0 radical (unpaired) electrons. The number of hydrogen-bond acceptors (Lipinski definition) is 2. The molecule has 0 atom stereocenters. The molecule has 1 saturated carbocycles. The zero-order chi connectivity index (χ0) is 11.4. The topological polar surface area (TPSA) is 21.3 Å². The second-order valence-corrected chi connectivity index (χ2v) is 4.77. The van der Waals surface area contributed by atoms with Gasteiger partial charge in [-0.3, -0.25) is 0 Å². The number of nitrogens with one attached hydrogen (secondary N) is 1. The predicted octanol–water partition coefficient (Wildman–Crippen LogP) is 2.77. The lowest BCUT2D eigenvalue weighted by atomic mass is 9.89. The Kier molecular flexibility index (Phi) is 3.49. The number of likely N-dealkylation sites (N-methyl/N-ethyl adjacent to an activating group) is 1. The molecule has 1 aliphatic carbocycles. The zero-order valence-corrected chi connectivity index (χ0v) is 10.3. The van der Waals surface area contributed by atoms with Crippen LogP contribution in [0.4, 0.5) is 0 Å². The van der Waals surface area contributed by atoms with Crippen molar-refractivity contribution in [1.82, 2.24) is 5.32 Å². The minimum absolute atomic E-state index is 0.326. The largest absolute Gasteiger partial charge is 0.497 e. The highest BCUT2D eigenvalue weighted by Crippen LogP contribution is 2.32. The van der Waals surface area contributed by atoms with Gasteiger partial charge in [0.25, 0.3) is 0 Å². The van der Waals surface area contributed by atoms with Gasteiger partial charge in [0.05, 0.1) is 7.11 Å². The van der Waals surface area contributed by atoms with Gasteiger partial charge < -0.3 is 10.1 Å². The molecule has 1 N–H and O–H groups in total. The highest BCUT2D eigenvalue weighted by Gasteiger charge is 2.31. The summed E-state index contributed by atoms with van der Waals surface area (Å²) in [6.07, 6.45) is 6.40. The first-order valence-corrected chi connectivity index (χ1v) is 6.10. The number of methoxy groups -OCH3 is 1. The quantitative estimate of drug-likeness (QED) is 0.840. The maximum absolute atomic E-state index is 5.27. The van der Waals surface area contributed by atoms with Crippen LogP contribution in [-0.4, -0.2) is 19.7 Å². The Morgan fingerprint density at radius 2 is 2.06 bits per heavy atom. The van der Waals surface area contributed by atoms with E-state index in [0.717, 1.165) is 12.2 Å². The molecule has 2 nitrogen and oxygen atoms in total. The first-order valence-electron chi connectivity index (χ1n) is 6.10. The van der Waals surface area contributed by atoms with E-state index in [9.17, 15) is 0 Å². The van der Waals surface area contributed by atoms with Crippen LogP contribution < -0.4 is 10.1 Å². The van der Waals surface area contributed by atoms with Crippen LogP contribution in [0.5, 0.6) is 5.75 Å². The minimum atomic E-state index is 0.326. The van der Waals surface area contributed by atoms with E-state index in [4.69, 9.17) is 4.74 Å². The molecule has 0 unspecified atom stereocenters. The number of rotatable bonds is 4. The molecule has 0 bridgehead atoms. The van der Waals surface area contributed by atoms with Crippen LogP contribution >= 0.6 is 0 Å². The number of benzene rings is 1. The molecular weight excluding hydrogens is 198 g/mol. The lowest BCUT2D eigenvalue weighted by Crippen LogP contribution is -2.42. The van der Waals surface area contributed by atoms with Gasteiger partial charge in [-0.1, -0.05) is 25.0 Å². The summed E-state index contributed by atoms with van der Waals surface area (Å²) < 4.78 is 5.27. The summed E-state index contributed by atoms with van der Waals surface area (Å²) >= 11 is 0. The van der Waals surface area contributed by atoms with Crippen molar-refractivity contribution in [1.29, 1.82) is 0 Å². The van der Waals surface area contributed by atoms with E-state index in [1.165, 1.54) is 31.2 Å². The molecule has 1 aromatic rings. The van der Waals surface area contributed by atoms with Crippen molar-refractivity contribution in [2.75, 3.05) is 14.2 Å². The Balaban J connectivity index is 2.12. The second kappa shape index (κ2) is 4.88. The van der Waals surface area contributed by atoms with Gasteiger partial charge >= 0.3 is 0 Å². The highest BCUT2D eigenvalue weighted by atomic mass is 16.5. The van der Waals surface area contributed by atoms with Crippen molar-refractivity contribution in [3.05, 3.63) is 29.8 Å². The second-order valence-electron chi connectivity index (χ2n) is 4.77. The summed E-state index contributed by atoms with van der Waals surface area (Å²) in [6.45, 7) is 0. The Labute approximate surface area is 98.0 Å². The highest BCUT2D eigenvalue weighted by molar-refractivity contribution is 5.29. The number of ether oxygens (including phenoxy) is 1. The monoisotopic (exact) mass is 219 g/mol. The van der Waals surface area contributed by atoms with Gasteiger partial charge in [0.15, 0.2) is 0 Å². The minimum Gasteiger partial charge on any atom is -0.497 e. The third kappa shape index (κ3) is 2.38. The fraction of sp³-hybridized carbons (Fsp3) is 0.571. The summed E-state index contributed by atoms with van der Waals surface area (Å²) in [6, 6.07) is 8.42. The standard InChI is InChI=1S/C14H21NO/c1-15-14(8-3-4-9-14)11-12-6-5-7-13(10-12)16-2/h5-7,10,15H,3-4,8-9,11H2,1-2H3. The van der Waals surface area contributed by atoms with Crippen molar-refractivity contribution in [3.63, 3.8) is 0 Å². The normalized spacial score (nSPS) is 18.6. The van der Waals surface area contributed by atoms with Gasteiger partial charge in [-0.15, -0.1) is 0 Å². The average molecular weight is 219 g/mol. The lowest BCUT2D eigenvalue weighted by molar-refractivity contribution is 0.355. The molecule has 0 saturated heterocycles. The molecule has 0 aromatic heterocycles. The molecule has 1 aromatic carbocycles. The van der Waals surface area contributed by atoms with Crippen LogP contribution in [0.15, 0.2) is 24.3 Å². The molecule has 88 valence electrons. The van der Waals surface area contributed by atoms with Crippen molar-refractivity contribution >= 4 is 0 Å². The molecule has 16 heavy (non-hydrogen) atoms. The van der Waals surface area contributed by atoms with E-state index in [-0.39, 0.29) is 0 Å². The zero-order valence-electron chi connectivity index (χ0n) is 10.3. The molecule has 2 heteroatoms. The lowest BCUT2D eigenvalue weighted by Gasteiger charge is -2.28. The third-order valence-electron chi connectivity index (χ3n) is 3.77. The fourth-order valence-electron chi connectivity index (χ4n) is 2.74. The van der Waals surface area contributed by atoms with Crippen LogP contribution in [0.25, 0.3) is 0 Å². The fourth-order valence-corrected chi connectivity index (χ4v) is 2.74. The van der Waals surface area contributed by atoms with E-state index in [1.54, 1.807) is 7.11 Å². The van der Waals surface area contributed by atoms with Crippen LogP contribution in [0, 0.1) is 0 Å². The smallest absolute Gasteiger partial charge is 0.119 e. The Hall–Kier alpha value is -1.02. The van der Waals surface area contributed by atoms with Gasteiger partial charge in [-0.2, -0.15) is 0 Å². The summed E-state index contributed by atoms with van der Waals surface area (Å²) in [4.78, 5) is 0. The Morgan fingerprint density at radius 1 is 1.31 bits per heavy atom. The van der Waals surface area contributed by atoms with Crippen LogP contribution in [-0.2, 0) is 6.42 Å². The van der Waals surface area contributed by atoms with Crippen LogP contribution in [0.3, 0.4) is 0 Å². The number of hydrogen-bond donors (Lipinski definition) is 1. The summed E-state index contributed by atoms with van der Waals surface area (Å²) in [5.74, 6) is 0.960. The first-order chi connectivity index (χ1) is 7.78. The van der Waals surface area contributed by atoms with Gasteiger partial charge in [-0.25, -0.2) is 0 Å². The van der Waals surface area contributed by atoms with Gasteiger partial charge in [0.2, 0.25) is 0 Å². The van der Waals surface area contributed by atoms with Crippen molar-refractivity contribution < 1.29 is 4.74 Å². The van der Waals surface area contributed by atoms with E-state index in [2.05, 4.69) is 30.6 Å². The summed E-state index contributed by atoms with van der Waals surface area (Å²) in [7, 11) is 3.81. The Bertz CT molecular complexity index is 342. The third-order valence-corrected chi connectivity index (χ3v) is 3.77. The van der Waals surface area contributed by atoms with Crippen LogP contribution in [0.2, 0.25) is 0 Å². The molecule has 0 heterocycles. The molecule has 2 rings (SSSR count). The molecule has 0 aliphatic heterocycles. The average Bonchev–Trinajstić information content (AvgIpc) is 2.78. The molecular formula is C14H21NO. The molecule has 0 amide bonds. The van der Waals surface area contributed by atoms with E-state index in [0.29, 0.717) is 5.54 Å². The molecule has 1 aliphatic rings. The predicted molar refractivity (Wildman–Crippen MR) is 67.0 cm³/mol. The first kappa shape index (κ1) is 11.5. The van der Waals surface area contributed by atoms with E-state index < -0.39 is 0 Å². The Morgan fingerprint density at radius 3 is 2.69 bits per heavy atom. The summed E-state index contributed by atoms with van der Waals surface area (Å²) in [5, 5.41) is 3.52. The van der Waals surface area contributed by atoms with Crippen molar-refractivity contribution in [3.8, 4) is 5.75 Å².